The van der Waals surface area contributed by atoms with Crippen LogP contribution in [0.25, 0.3) is 0 Å². The summed E-state index contributed by atoms with van der Waals surface area (Å²) in [5.41, 5.74) is 2.65. The van der Waals surface area contributed by atoms with Crippen LogP contribution in [0.1, 0.15) is 32.7 Å². The fourth-order valence-corrected chi connectivity index (χ4v) is 4.47. The maximum atomic E-state index is 12.7. The summed E-state index contributed by atoms with van der Waals surface area (Å²) in [6.07, 6.45) is 0. The fraction of sp³-hybridized carbons (Fsp3) is 0.182. The number of rotatable bonds is 6. The third kappa shape index (κ3) is 5.00. The molecule has 0 fully saturated rings. The van der Waals surface area contributed by atoms with Crippen molar-refractivity contribution < 1.29 is 13.2 Å². The Morgan fingerprint density at radius 3 is 2.41 bits per heavy atom. The fourth-order valence-electron chi connectivity index (χ4n) is 3.08. The first-order chi connectivity index (χ1) is 13.8. The zero-order chi connectivity index (χ0) is 21.0. The molecule has 0 bridgehead atoms. The van der Waals surface area contributed by atoms with Gasteiger partial charge in [0.05, 0.1) is 10.6 Å². The van der Waals surface area contributed by atoms with Crippen molar-refractivity contribution in [2.75, 3.05) is 0 Å². The predicted molar refractivity (Wildman–Crippen MR) is 111 cm³/mol. The maximum absolute atomic E-state index is 12.7. The van der Waals surface area contributed by atoms with E-state index in [1.165, 1.54) is 18.2 Å². The Bertz CT molecular complexity index is 1200. The Balaban J connectivity index is 1.77. The van der Waals surface area contributed by atoms with Crippen LogP contribution in [-0.2, 0) is 22.1 Å². The zero-order valence-corrected chi connectivity index (χ0v) is 17.0. The van der Waals surface area contributed by atoms with Crippen molar-refractivity contribution in [3.63, 3.8) is 0 Å². The van der Waals surface area contributed by atoms with Gasteiger partial charge >= 0.3 is 0 Å². The molecule has 2 aromatic carbocycles. The van der Waals surface area contributed by atoms with Crippen LogP contribution >= 0.6 is 0 Å². The molecule has 1 heterocycles. The molecule has 0 spiro atoms. The highest BCUT2D eigenvalue weighted by Crippen LogP contribution is 2.18. The molecule has 2 N–H and O–H groups in total. The molecule has 1 amide bonds. The van der Waals surface area contributed by atoms with E-state index >= 15 is 0 Å². The summed E-state index contributed by atoms with van der Waals surface area (Å²) in [7, 11) is -3.59. The highest BCUT2D eigenvalue weighted by molar-refractivity contribution is 7.90. The second kappa shape index (κ2) is 8.45. The van der Waals surface area contributed by atoms with E-state index in [1.807, 2.05) is 12.1 Å². The van der Waals surface area contributed by atoms with Crippen LogP contribution in [0.4, 0.5) is 0 Å². The molecule has 0 aliphatic rings. The van der Waals surface area contributed by atoms with Gasteiger partial charge in [-0.1, -0.05) is 36.4 Å². The minimum absolute atomic E-state index is 0.0568. The van der Waals surface area contributed by atoms with E-state index in [9.17, 15) is 18.0 Å². The SMILES string of the molecule is Cc1cc(C)c(CNC(=O)c2cccc(S(=O)(=O)Cc3ccccc3)c2)c(=O)[nH]1. The number of carbonyl (C=O) groups excluding carboxylic acids is 1. The largest absolute Gasteiger partial charge is 0.348 e. The number of H-pyrrole nitrogens is 1. The monoisotopic (exact) mass is 410 g/mol. The highest BCUT2D eigenvalue weighted by atomic mass is 32.2. The number of hydrogen-bond donors (Lipinski definition) is 2. The summed E-state index contributed by atoms with van der Waals surface area (Å²) < 4.78 is 25.4. The molecule has 0 saturated heterocycles. The Morgan fingerprint density at radius 2 is 1.72 bits per heavy atom. The molecule has 150 valence electrons. The van der Waals surface area contributed by atoms with Crippen molar-refractivity contribution in [1.29, 1.82) is 0 Å². The normalized spacial score (nSPS) is 11.2. The van der Waals surface area contributed by atoms with Crippen molar-refractivity contribution in [2.45, 2.75) is 31.0 Å². The number of amides is 1. The topological polar surface area (TPSA) is 96.1 Å². The molecule has 3 rings (SSSR count). The quantitative estimate of drug-likeness (QED) is 0.653. The van der Waals surface area contributed by atoms with Crippen LogP contribution in [-0.4, -0.2) is 19.3 Å². The lowest BCUT2D eigenvalue weighted by Gasteiger charge is -2.10. The van der Waals surface area contributed by atoms with Crippen LogP contribution in [0.15, 0.2) is 70.4 Å². The first-order valence-electron chi connectivity index (χ1n) is 9.10. The van der Waals surface area contributed by atoms with E-state index in [1.54, 1.807) is 44.2 Å². The van der Waals surface area contributed by atoms with E-state index in [2.05, 4.69) is 10.3 Å². The second-order valence-electron chi connectivity index (χ2n) is 6.90. The number of benzene rings is 2. The van der Waals surface area contributed by atoms with Gasteiger partial charge in [0.25, 0.3) is 11.5 Å². The Labute approximate surface area is 169 Å². The molecule has 3 aromatic rings. The lowest BCUT2D eigenvalue weighted by atomic mass is 10.1. The van der Waals surface area contributed by atoms with Crippen LogP contribution < -0.4 is 10.9 Å². The first kappa shape index (κ1) is 20.5. The van der Waals surface area contributed by atoms with Gasteiger partial charge in [-0.05, 0) is 49.2 Å². The van der Waals surface area contributed by atoms with Crippen molar-refractivity contribution in [2.24, 2.45) is 0 Å². The minimum Gasteiger partial charge on any atom is -0.348 e. The molecule has 0 aliphatic carbocycles. The number of carbonyl (C=O) groups is 1. The molecule has 0 radical (unpaired) electrons. The van der Waals surface area contributed by atoms with Crippen LogP contribution in [0.3, 0.4) is 0 Å². The standard InChI is InChI=1S/C22H22N2O4S/c1-15-11-16(2)24-22(26)20(15)13-23-21(25)18-9-6-10-19(12-18)29(27,28)14-17-7-4-3-5-8-17/h3-12H,13-14H2,1-2H3,(H,23,25)(H,24,26). The van der Waals surface area contributed by atoms with Gasteiger partial charge in [-0.3, -0.25) is 9.59 Å². The maximum Gasteiger partial charge on any atom is 0.253 e. The van der Waals surface area contributed by atoms with Crippen molar-refractivity contribution in [3.05, 3.63) is 99.0 Å². The van der Waals surface area contributed by atoms with E-state index in [0.717, 1.165) is 11.3 Å². The number of hydrogen-bond acceptors (Lipinski definition) is 4. The van der Waals surface area contributed by atoms with Crippen LogP contribution in [0, 0.1) is 13.8 Å². The summed E-state index contributed by atoms with van der Waals surface area (Å²) in [4.78, 5) is 27.4. The molecule has 1 aromatic heterocycles. The van der Waals surface area contributed by atoms with Gasteiger partial charge < -0.3 is 10.3 Å². The Morgan fingerprint density at radius 1 is 1.00 bits per heavy atom. The zero-order valence-electron chi connectivity index (χ0n) is 16.2. The average Bonchev–Trinajstić information content (AvgIpc) is 2.67. The molecule has 0 atom stereocenters. The lowest BCUT2D eigenvalue weighted by molar-refractivity contribution is 0.0950. The summed E-state index contributed by atoms with van der Waals surface area (Å²) in [5, 5.41) is 2.69. The number of aryl methyl sites for hydroxylation is 2. The van der Waals surface area contributed by atoms with E-state index < -0.39 is 15.7 Å². The average molecular weight is 410 g/mol. The molecule has 0 saturated carbocycles. The minimum atomic E-state index is -3.59. The van der Waals surface area contributed by atoms with Gasteiger partial charge in [0.15, 0.2) is 9.84 Å². The van der Waals surface area contributed by atoms with Crippen molar-refractivity contribution in [1.82, 2.24) is 10.3 Å². The molecule has 29 heavy (non-hydrogen) atoms. The number of nitrogens with one attached hydrogen (secondary N) is 2. The van der Waals surface area contributed by atoms with Crippen LogP contribution in [0.5, 0.6) is 0 Å². The van der Waals surface area contributed by atoms with Gasteiger partial charge in [0, 0.05) is 23.4 Å². The lowest BCUT2D eigenvalue weighted by Crippen LogP contribution is -2.28. The molecule has 7 heteroatoms. The van der Waals surface area contributed by atoms with Crippen LogP contribution in [0.2, 0.25) is 0 Å². The number of pyridine rings is 1. The molecular weight excluding hydrogens is 388 g/mol. The molecule has 0 unspecified atom stereocenters. The highest BCUT2D eigenvalue weighted by Gasteiger charge is 2.17. The Hall–Kier alpha value is -3.19. The first-order valence-corrected chi connectivity index (χ1v) is 10.8. The summed E-state index contributed by atoms with van der Waals surface area (Å²) in [6, 6.07) is 16.6. The van der Waals surface area contributed by atoms with Crippen molar-refractivity contribution >= 4 is 15.7 Å². The Kier molecular flexibility index (Phi) is 5.98. The van der Waals surface area contributed by atoms with E-state index in [0.29, 0.717) is 11.1 Å². The van der Waals surface area contributed by atoms with Gasteiger partial charge in [-0.2, -0.15) is 0 Å². The summed E-state index contributed by atoms with van der Waals surface area (Å²) in [5.74, 6) is -0.585. The van der Waals surface area contributed by atoms with E-state index in [-0.39, 0.29) is 28.3 Å². The number of aromatic nitrogens is 1. The summed E-state index contributed by atoms with van der Waals surface area (Å²) in [6.45, 7) is 3.65. The smallest absolute Gasteiger partial charge is 0.253 e. The molecular formula is C22H22N2O4S. The summed E-state index contributed by atoms with van der Waals surface area (Å²) >= 11 is 0. The number of sulfone groups is 1. The molecule has 0 aliphatic heterocycles. The molecule has 6 nitrogen and oxygen atoms in total. The predicted octanol–water partition coefficient (Wildman–Crippen LogP) is 2.90. The van der Waals surface area contributed by atoms with Gasteiger partial charge in [0.2, 0.25) is 0 Å². The van der Waals surface area contributed by atoms with Crippen molar-refractivity contribution in [3.8, 4) is 0 Å². The van der Waals surface area contributed by atoms with E-state index in [4.69, 9.17) is 0 Å². The number of aromatic amines is 1. The van der Waals surface area contributed by atoms with Gasteiger partial charge in [0.1, 0.15) is 0 Å². The second-order valence-corrected chi connectivity index (χ2v) is 8.89. The van der Waals surface area contributed by atoms with Gasteiger partial charge in [-0.25, -0.2) is 8.42 Å². The third-order valence-corrected chi connectivity index (χ3v) is 6.26. The van der Waals surface area contributed by atoms with Gasteiger partial charge in [-0.15, -0.1) is 0 Å². The third-order valence-electron chi connectivity index (χ3n) is 4.57.